The van der Waals surface area contributed by atoms with Crippen LogP contribution in [0.1, 0.15) is 29.6 Å². The van der Waals surface area contributed by atoms with Gasteiger partial charge in [0.1, 0.15) is 0 Å². The molecule has 1 aliphatic carbocycles. The molecular weight excluding hydrogens is 340 g/mol. The zero-order chi connectivity index (χ0) is 17.9. The highest BCUT2D eigenvalue weighted by atomic mass is 32.2. The van der Waals surface area contributed by atoms with Crippen molar-refractivity contribution in [1.29, 1.82) is 0 Å². The smallest absolute Gasteiger partial charge is 0.251 e. The fourth-order valence-corrected chi connectivity index (χ4v) is 3.72. The van der Waals surface area contributed by atoms with Crippen LogP contribution in [0, 0.1) is 5.92 Å². The van der Waals surface area contributed by atoms with E-state index in [2.05, 4.69) is 15.0 Å². The molecule has 1 aromatic heterocycles. The first-order valence-corrected chi connectivity index (χ1v) is 10.2. The summed E-state index contributed by atoms with van der Waals surface area (Å²) in [7, 11) is -3.22. The highest BCUT2D eigenvalue weighted by Crippen LogP contribution is 2.25. The van der Waals surface area contributed by atoms with Crippen LogP contribution in [0.2, 0.25) is 0 Å². The van der Waals surface area contributed by atoms with Crippen LogP contribution >= 0.6 is 0 Å². The van der Waals surface area contributed by atoms with Gasteiger partial charge in [-0.15, -0.1) is 0 Å². The standard InChI is InChI=1S/C17H22N4O3S/c1-25(23,24)19-11-14-5-3-7-16(14)20-17(22)13-4-2-6-15(10-13)21-9-8-18-12-21/h2,4,6,8-10,12,14,16,19H,3,5,7,11H2,1H3,(H,20,22)/t14-,16+/m1/s1. The van der Waals surface area contributed by atoms with Crippen LogP contribution in [0.25, 0.3) is 5.69 Å². The lowest BCUT2D eigenvalue weighted by atomic mass is 10.0. The second kappa shape index (κ2) is 7.37. The molecule has 1 saturated carbocycles. The van der Waals surface area contributed by atoms with E-state index in [1.807, 2.05) is 29.0 Å². The molecule has 1 amide bonds. The first-order valence-electron chi connectivity index (χ1n) is 8.26. The van der Waals surface area contributed by atoms with Crippen molar-refractivity contribution in [2.24, 2.45) is 5.92 Å². The number of carbonyl (C=O) groups excluding carboxylic acids is 1. The average molecular weight is 362 g/mol. The maximum atomic E-state index is 12.6. The van der Waals surface area contributed by atoms with Crippen molar-refractivity contribution in [3.8, 4) is 5.69 Å². The molecule has 1 aliphatic rings. The summed E-state index contributed by atoms with van der Waals surface area (Å²) >= 11 is 0. The van der Waals surface area contributed by atoms with E-state index in [9.17, 15) is 13.2 Å². The molecule has 8 heteroatoms. The Morgan fingerprint density at radius 3 is 2.92 bits per heavy atom. The molecule has 0 saturated heterocycles. The van der Waals surface area contributed by atoms with Gasteiger partial charge in [-0.2, -0.15) is 0 Å². The van der Waals surface area contributed by atoms with Gasteiger partial charge in [-0.3, -0.25) is 4.79 Å². The van der Waals surface area contributed by atoms with E-state index in [0.29, 0.717) is 12.1 Å². The third kappa shape index (κ3) is 4.67. The van der Waals surface area contributed by atoms with Gasteiger partial charge in [0.15, 0.2) is 0 Å². The topological polar surface area (TPSA) is 93.1 Å². The maximum Gasteiger partial charge on any atom is 0.251 e. The minimum absolute atomic E-state index is 0.0151. The number of sulfonamides is 1. The largest absolute Gasteiger partial charge is 0.349 e. The third-order valence-electron chi connectivity index (χ3n) is 4.49. The zero-order valence-electron chi connectivity index (χ0n) is 14.1. The lowest BCUT2D eigenvalue weighted by Crippen LogP contribution is -2.41. The number of imidazole rings is 1. The summed E-state index contributed by atoms with van der Waals surface area (Å²) in [4.78, 5) is 16.6. The Bertz CT molecular complexity index is 833. The van der Waals surface area contributed by atoms with Gasteiger partial charge in [0, 0.05) is 36.2 Å². The van der Waals surface area contributed by atoms with E-state index < -0.39 is 10.0 Å². The van der Waals surface area contributed by atoms with Crippen LogP contribution < -0.4 is 10.0 Å². The van der Waals surface area contributed by atoms with Gasteiger partial charge in [0.25, 0.3) is 5.91 Å². The SMILES string of the molecule is CS(=O)(=O)NC[C@H]1CCC[C@@H]1NC(=O)c1cccc(-n2ccnc2)c1. The Labute approximate surface area is 147 Å². The molecule has 1 heterocycles. The molecule has 134 valence electrons. The quantitative estimate of drug-likeness (QED) is 0.810. The molecule has 25 heavy (non-hydrogen) atoms. The second-order valence-electron chi connectivity index (χ2n) is 6.41. The number of carbonyl (C=O) groups is 1. The summed E-state index contributed by atoms with van der Waals surface area (Å²) in [5.41, 5.74) is 1.44. The summed E-state index contributed by atoms with van der Waals surface area (Å²) in [5.74, 6) is -0.0197. The Kier molecular flexibility index (Phi) is 5.19. The fourth-order valence-electron chi connectivity index (χ4n) is 3.20. The van der Waals surface area contributed by atoms with E-state index in [1.54, 1.807) is 18.6 Å². The summed E-state index contributed by atoms with van der Waals surface area (Å²) in [6, 6.07) is 7.32. The molecule has 3 rings (SSSR count). The van der Waals surface area contributed by atoms with E-state index in [1.165, 1.54) is 0 Å². The maximum absolute atomic E-state index is 12.6. The fraction of sp³-hybridized carbons (Fsp3) is 0.412. The van der Waals surface area contributed by atoms with Crippen LogP contribution in [0.3, 0.4) is 0 Å². The molecule has 1 aromatic carbocycles. The number of rotatable bonds is 6. The lowest BCUT2D eigenvalue weighted by molar-refractivity contribution is 0.0928. The molecule has 1 fully saturated rings. The van der Waals surface area contributed by atoms with E-state index in [-0.39, 0.29) is 17.9 Å². The first kappa shape index (κ1) is 17.6. The first-order chi connectivity index (χ1) is 11.9. The van der Waals surface area contributed by atoms with Gasteiger partial charge >= 0.3 is 0 Å². The molecule has 0 aliphatic heterocycles. The zero-order valence-corrected chi connectivity index (χ0v) is 14.9. The van der Waals surface area contributed by atoms with E-state index in [0.717, 1.165) is 31.2 Å². The normalized spacial score (nSPS) is 20.5. The predicted molar refractivity (Wildman–Crippen MR) is 95.0 cm³/mol. The van der Waals surface area contributed by atoms with Gasteiger partial charge in [-0.1, -0.05) is 12.5 Å². The van der Waals surface area contributed by atoms with Crippen molar-refractivity contribution in [2.45, 2.75) is 25.3 Å². The molecular formula is C17H22N4O3S. The molecule has 7 nitrogen and oxygen atoms in total. The van der Waals surface area contributed by atoms with Crippen molar-refractivity contribution in [2.75, 3.05) is 12.8 Å². The number of amides is 1. The monoisotopic (exact) mass is 362 g/mol. The number of nitrogens with one attached hydrogen (secondary N) is 2. The lowest BCUT2D eigenvalue weighted by Gasteiger charge is -2.21. The van der Waals surface area contributed by atoms with Gasteiger partial charge in [0.05, 0.1) is 12.6 Å². The minimum atomic E-state index is -3.22. The Morgan fingerprint density at radius 1 is 1.36 bits per heavy atom. The Hall–Kier alpha value is -2.19. The Balaban J connectivity index is 1.66. The molecule has 0 bridgehead atoms. The number of hydrogen-bond donors (Lipinski definition) is 2. The number of aromatic nitrogens is 2. The van der Waals surface area contributed by atoms with Crippen molar-refractivity contribution < 1.29 is 13.2 Å². The van der Waals surface area contributed by atoms with Gasteiger partial charge in [-0.05, 0) is 37.0 Å². The third-order valence-corrected chi connectivity index (χ3v) is 5.19. The van der Waals surface area contributed by atoms with Crippen molar-refractivity contribution in [1.82, 2.24) is 19.6 Å². The average Bonchev–Trinajstić information content (AvgIpc) is 3.24. The van der Waals surface area contributed by atoms with Gasteiger partial charge < -0.3 is 9.88 Å². The minimum Gasteiger partial charge on any atom is -0.349 e. The van der Waals surface area contributed by atoms with E-state index >= 15 is 0 Å². The van der Waals surface area contributed by atoms with E-state index in [4.69, 9.17) is 0 Å². The van der Waals surface area contributed by atoms with Crippen LogP contribution in [0.4, 0.5) is 0 Å². The molecule has 0 unspecified atom stereocenters. The molecule has 2 N–H and O–H groups in total. The molecule has 0 spiro atoms. The number of nitrogens with zero attached hydrogens (tertiary/aromatic N) is 2. The summed E-state index contributed by atoms with van der Waals surface area (Å²) in [5, 5.41) is 3.06. The van der Waals surface area contributed by atoms with Gasteiger partial charge in [0.2, 0.25) is 10.0 Å². The van der Waals surface area contributed by atoms with Gasteiger partial charge in [-0.25, -0.2) is 18.1 Å². The summed E-state index contributed by atoms with van der Waals surface area (Å²) in [6.07, 6.45) is 9.09. The molecule has 2 aromatic rings. The number of benzene rings is 1. The number of hydrogen-bond acceptors (Lipinski definition) is 4. The molecule has 2 atom stereocenters. The summed E-state index contributed by atoms with van der Waals surface area (Å²) < 4.78 is 26.9. The highest BCUT2D eigenvalue weighted by molar-refractivity contribution is 7.88. The summed E-state index contributed by atoms with van der Waals surface area (Å²) in [6.45, 7) is 0.360. The van der Waals surface area contributed by atoms with Crippen LogP contribution in [0.5, 0.6) is 0 Å². The van der Waals surface area contributed by atoms with Crippen molar-refractivity contribution >= 4 is 15.9 Å². The van der Waals surface area contributed by atoms with Crippen LogP contribution in [-0.2, 0) is 10.0 Å². The van der Waals surface area contributed by atoms with Crippen molar-refractivity contribution in [3.05, 3.63) is 48.5 Å². The second-order valence-corrected chi connectivity index (χ2v) is 8.24. The van der Waals surface area contributed by atoms with Crippen LogP contribution in [-0.4, -0.2) is 42.7 Å². The predicted octanol–water partition coefficient (Wildman–Crippen LogP) is 1.32. The van der Waals surface area contributed by atoms with Crippen molar-refractivity contribution in [3.63, 3.8) is 0 Å². The highest BCUT2D eigenvalue weighted by Gasteiger charge is 2.29. The van der Waals surface area contributed by atoms with Crippen LogP contribution in [0.15, 0.2) is 43.0 Å². The Morgan fingerprint density at radius 2 is 2.20 bits per heavy atom. The molecule has 0 radical (unpaired) electrons.